The first kappa shape index (κ1) is 18.4. The van der Waals surface area contributed by atoms with Crippen LogP contribution in [0.3, 0.4) is 0 Å². The van der Waals surface area contributed by atoms with Gasteiger partial charge in [-0.1, -0.05) is 6.07 Å². The molecule has 3 rings (SSSR count). The van der Waals surface area contributed by atoms with E-state index in [2.05, 4.69) is 10.4 Å². The van der Waals surface area contributed by atoms with Crippen LogP contribution >= 0.6 is 0 Å². The van der Waals surface area contributed by atoms with E-state index in [4.69, 9.17) is 0 Å². The lowest BCUT2D eigenvalue weighted by atomic mass is 10.1. The van der Waals surface area contributed by atoms with Crippen LogP contribution < -0.4 is 10.9 Å². The quantitative estimate of drug-likeness (QED) is 0.748. The van der Waals surface area contributed by atoms with E-state index in [0.29, 0.717) is 11.3 Å². The van der Waals surface area contributed by atoms with E-state index < -0.39 is 28.9 Å². The summed E-state index contributed by atoms with van der Waals surface area (Å²) in [4.78, 5) is 24.0. The molecule has 0 aliphatic heterocycles. The lowest BCUT2D eigenvalue weighted by Gasteiger charge is -2.09. The van der Waals surface area contributed by atoms with Gasteiger partial charge in [0.15, 0.2) is 0 Å². The van der Waals surface area contributed by atoms with Crippen LogP contribution in [0, 0.1) is 17.5 Å². The predicted molar refractivity (Wildman–Crippen MR) is 92.1 cm³/mol. The molecule has 8 heteroatoms. The molecule has 0 spiro atoms. The molecule has 1 N–H and O–H groups in total. The van der Waals surface area contributed by atoms with E-state index in [1.165, 1.54) is 42.5 Å². The third-order valence-electron chi connectivity index (χ3n) is 3.79. The standard InChI is InChI=1S/C19H14F3N3O2/c20-14-4-1-12(2-5-14)17-7-8-19(27)25(24-17)11-18(26)23-10-13-3-6-15(21)9-16(13)22/h1-9H,10-11H2,(H,23,26). The number of nitrogens with one attached hydrogen (secondary N) is 1. The molecule has 0 fully saturated rings. The predicted octanol–water partition coefficient (Wildman–Crippen LogP) is 2.64. The van der Waals surface area contributed by atoms with Gasteiger partial charge in [0.1, 0.15) is 24.0 Å². The van der Waals surface area contributed by atoms with E-state index in [9.17, 15) is 22.8 Å². The molecule has 0 aliphatic carbocycles. The van der Waals surface area contributed by atoms with Crippen LogP contribution in [0.25, 0.3) is 11.3 Å². The first-order chi connectivity index (χ1) is 12.9. The Morgan fingerprint density at radius 2 is 1.67 bits per heavy atom. The van der Waals surface area contributed by atoms with Gasteiger partial charge in [0.25, 0.3) is 5.56 Å². The molecule has 1 heterocycles. The van der Waals surface area contributed by atoms with Gasteiger partial charge in [0, 0.05) is 29.8 Å². The maximum atomic E-state index is 13.6. The zero-order valence-corrected chi connectivity index (χ0v) is 14.0. The van der Waals surface area contributed by atoms with E-state index in [1.54, 1.807) is 0 Å². The molecule has 1 amide bonds. The molecule has 0 unspecified atom stereocenters. The zero-order valence-electron chi connectivity index (χ0n) is 14.0. The van der Waals surface area contributed by atoms with Crippen molar-refractivity contribution in [1.82, 2.24) is 15.1 Å². The maximum Gasteiger partial charge on any atom is 0.267 e. The summed E-state index contributed by atoms with van der Waals surface area (Å²) in [5, 5.41) is 6.54. The SMILES string of the molecule is O=C(Cn1nc(-c2ccc(F)cc2)ccc1=O)NCc1ccc(F)cc1F. The highest BCUT2D eigenvalue weighted by molar-refractivity contribution is 5.75. The summed E-state index contributed by atoms with van der Waals surface area (Å²) in [6.07, 6.45) is 0. The molecule has 0 atom stereocenters. The topological polar surface area (TPSA) is 64.0 Å². The molecule has 5 nitrogen and oxygen atoms in total. The molecule has 1 aromatic heterocycles. The smallest absolute Gasteiger partial charge is 0.267 e. The monoisotopic (exact) mass is 373 g/mol. The largest absolute Gasteiger partial charge is 0.350 e. The summed E-state index contributed by atoms with van der Waals surface area (Å²) >= 11 is 0. The summed E-state index contributed by atoms with van der Waals surface area (Å²) in [7, 11) is 0. The van der Waals surface area contributed by atoms with Gasteiger partial charge in [0.05, 0.1) is 5.69 Å². The number of amides is 1. The van der Waals surface area contributed by atoms with Crippen molar-refractivity contribution in [1.29, 1.82) is 0 Å². The minimum Gasteiger partial charge on any atom is -0.350 e. The van der Waals surface area contributed by atoms with Crippen LogP contribution in [0.15, 0.2) is 59.4 Å². The van der Waals surface area contributed by atoms with Crippen LogP contribution in [0.1, 0.15) is 5.56 Å². The number of carbonyl (C=O) groups excluding carboxylic acids is 1. The second kappa shape index (κ2) is 7.86. The molecular weight excluding hydrogens is 359 g/mol. The number of rotatable bonds is 5. The Hall–Kier alpha value is -3.42. The third-order valence-corrected chi connectivity index (χ3v) is 3.79. The fraction of sp³-hybridized carbons (Fsp3) is 0.105. The van der Waals surface area contributed by atoms with E-state index in [0.717, 1.165) is 16.8 Å². The van der Waals surface area contributed by atoms with Crippen LogP contribution in [-0.4, -0.2) is 15.7 Å². The maximum absolute atomic E-state index is 13.6. The van der Waals surface area contributed by atoms with Gasteiger partial charge in [-0.2, -0.15) is 5.10 Å². The second-order valence-electron chi connectivity index (χ2n) is 5.73. The molecule has 0 saturated heterocycles. The Kier molecular flexibility index (Phi) is 5.35. The normalized spacial score (nSPS) is 10.6. The van der Waals surface area contributed by atoms with Crippen LogP contribution in [0.4, 0.5) is 13.2 Å². The van der Waals surface area contributed by atoms with E-state index >= 15 is 0 Å². The Bertz CT molecular complexity index is 1030. The van der Waals surface area contributed by atoms with Crippen molar-refractivity contribution in [3.63, 3.8) is 0 Å². The van der Waals surface area contributed by atoms with Crippen molar-refractivity contribution in [2.45, 2.75) is 13.1 Å². The number of hydrogen-bond acceptors (Lipinski definition) is 3. The fourth-order valence-electron chi connectivity index (χ4n) is 2.39. The lowest BCUT2D eigenvalue weighted by Crippen LogP contribution is -2.33. The molecular formula is C19H14F3N3O2. The van der Waals surface area contributed by atoms with E-state index in [-0.39, 0.29) is 18.7 Å². The van der Waals surface area contributed by atoms with Crippen molar-refractivity contribution < 1.29 is 18.0 Å². The Labute approximate surface area is 152 Å². The van der Waals surface area contributed by atoms with Crippen molar-refractivity contribution >= 4 is 5.91 Å². The second-order valence-corrected chi connectivity index (χ2v) is 5.73. The highest BCUT2D eigenvalue weighted by Gasteiger charge is 2.10. The molecule has 0 radical (unpaired) electrons. The third kappa shape index (κ3) is 4.60. The molecule has 2 aromatic carbocycles. The van der Waals surface area contributed by atoms with Gasteiger partial charge in [-0.25, -0.2) is 17.9 Å². The van der Waals surface area contributed by atoms with Gasteiger partial charge < -0.3 is 5.32 Å². The van der Waals surface area contributed by atoms with Crippen molar-refractivity contribution in [2.75, 3.05) is 0 Å². The molecule has 3 aromatic rings. The van der Waals surface area contributed by atoms with Gasteiger partial charge in [-0.3, -0.25) is 9.59 Å². The first-order valence-corrected chi connectivity index (χ1v) is 7.97. The van der Waals surface area contributed by atoms with Gasteiger partial charge in [-0.15, -0.1) is 0 Å². The minimum absolute atomic E-state index is 0.116. The number of carbonyl (C=O) groups is 1. The summed E-state index contributed by atoms with van der Waals surface area (Å²) in [5.74, 6) is -2.45. The molecule has 27 heavy (non-hydrogen) atoms. The first-order valence-electron chi connectivity index (χ1n) is 7.97. The average molecular weight is 373 g/mol. The van der Waals surface area contributed by atoms with Crippen LogP contribution in [0.5, 0.6) is 0 Å². The van der Waals surface area contributed by atoms with Gasteiger partial charge in [0.2, 0.25) is 5.91 Å². The van der Waals surface area contributed by atoms with E-state index in [1.807, 2.05) is 0 Å². The van der Waals surface area contributed by atoms with Gasteiger partial charge >= 0.3 is 0 Å². The van der Waals surface area contributed by atoms with Crippen molar-refractivity contribution in [3.05, 3.63) is 88.0 Å². The highest BCUT2D eigenvalue weighted by atomic mass is 19.1. The molecule has 0 bridgehead atoms. The molecule has 0 aliphatic rings. The Balaban J connectivity index is 1.71. The summed E-state index contributed by atoms with van der Waals surface area (Å²) in [6, 6.07) is 11.3. The summed E-state index contributed by atoms with van der Waals surface area (Å²) in [6.45, 7) is -0.534. The number of halogens is 3. The Morgan fingerprint density at radius 3 is 2.37 bits per heavy atom. The average Bonchev–Trinajstić information content (AvgIpc) is 2.63. The summed E-state index contributed by atoms with van der Waals surface area (Å²) < 4.78 is 40.4. The zero-order chi connectivity index (χ0) is 19.4. The minimum atomic E-state index is -0.774. The van der Waals surface area contributed by atoms with Crippen LogP contribution in [0.2, 0.25) is 0 Å². The number of hydrogen-bond donors (Lipinski definition) is 1. The van der Waals surface area contributed by atoms with Gasteiger partial charge in [-0.05, 0) is 36.4 Å². The molecule has 0 saturated carbocycles. The number of benzene rings is 2. The van der Waals surface area contributed by atoms with Crippen molar-refractivity contribution in [2.24, 2.45) is 0 Å². The van der Waals surface area contributed by atoms with Crippen molar-refractivity contribution in [3.8, 4) is 11.3 Å². The highest BCUT2D eigenvalue weighted by Crippen LogP contribution is 2.15. The fourth-order valence-corrected chi connectivity index (χ4v) is 2.39. The van der Waals surface area contributed by atoms with Crippen LogP contribution in [-0.2, 0) is 17.9 Å². The number of aromatic nitrogens is 2. The summed E-state index contributed by atoms with van der Waals surface area (Å²) in [5.41, 5.74) is 0.597. The number of nitrogens with zero attached hydrogens (tertiary/aromatic N) is 2. The Morgan fingerprint density at radius 1 is 0.963 bits per heavy atom. The lowest BCUT2D eigenvalue weighted by molar-refractivity contribution is -0.122. The molecule has 138 valence electrons.